The first-order valence-electron chi connectivity index (χ1n) is 6.37. The molecule has 0 aliphatic heterocycles. The third-order valence-electron chi connectivity index (χ3n) is 2.69. The van der Waals surface area contributed by atoms with Crippen LogP contribution >= 0.6 is 23.4 Å². The second kappa shape index (κ2) is 7.73. The van der Waals surface area contributed by atoms with E-state index in [1.165, 1.54) is 36.7 Å². The second-order valence-electron chi connectivity index (χ2n) is 4.35. The number of nitrogens with one attached hydrogen (secondary N) is 1. The molecule has 122 valence electrons. The molecule has 0 aliphatic carbocycles. The Labute approximate surface area is 142 Å². The number of thioether (sulfide) groups is 1. The highest BCUT2D eigenvalue weighted by atomic mass is 35.5. The van der Waals surface area contributed by atoms with Crippen LogP contribution in [0, 0.1) is 0 Å². The lowest BCUT2D eigenvalue weighted by Gasteiger charge is -2.13. The fourth-order valence-corrected chi connectivity index (χ4v) is 3.62. The monoisotopic (exact) mass is 372 g/mol. The molecule has 1 atom stereocenters. The van der Waals surface area contributed by atoms with Gasteiger partial charge in [-0.3, -0.25) is 4.79 Å². The van der Waals surface area contributed by atoms with Crippen molar-refractivity contribution in [2.24, 2.45) is 5.73 Å². The zero-order valence-corrected chi connectivity index (χ0v) is 14.1. The van der Waals surface area contributed by atoms with Crippen LogP contribution in [-0.2, 0) is 14.8 Å². The quantitative estimate of drug-likeness (QED) is 0.554. The lowest BCUT2D eigenvalue weighted by molar-refractivity contribution is -0.117. The molecule has 0 spiro atoms. The first kappa shape index (κ1) is 17.7. The third kappa shape index (κ3) is 5.17. The molecule has 7 nitrogen and oxygen atoms in total. The van der Waals surface area contributed by atoms with Crippen molar-refractivity contribution in [2.45, 2.75) is 15.3 Å². The van der Waals surface area contributed by atoms with E-state index in [0.717, 1.165) is 11.8 Å². The summed E-state index contributed by atoms with van der Waals surface area (Å²) >= 11 is 6.72. The van der Waals surface area contributed by atoms with Gasteiger partial charge in [-0.2, -0.15) is 0 Å². The van der Waals surface area contributed by atoms with Crippen molar-refractivity contribution in [3.05, 3.63) is 47.7 Å². The van der Waals surface area contributed by atoms with Crippen molar-refractivity contribution < 1.29 is 13.2 Å². The van der Waals surface area contributed by atoms with Gasteiger partial charge in [0.2, 0.25) is 15.9 Å². The molecule has 0 bridgehead atoms. The summed E-state index contributed by atoms with van der Waals surface area (Å²) in [6, 6.07) is 7.31. The number of primary amides is 1. The van der Waals surface area contributed by atoms with E-state index in [4.69, 9.17) is 17.3 Å². The van der Waals surface area contributed by atoms with Crippen LogP contribution in [0.15, 0.2) is 52.8 Å². The normalized spacial score (nSPS) is 12.7. The van der Waals surface area contributed by atoms with E-state index in [0.29, 0.717) is 10.2 Å². The molecule has 1 aromatic heterocycles. The van der Waals surface area contributed by atoms with Crippen LogP contribution in [-0.4, -0.2) is 36.1 Å². The minimum absolute atomic E-state index is 0.0473. The molecule has 0 fully saturated rings. The van der Waals surface area contributed by atoms with Crippen molar-refractivity contribution in [1.29, 1.82) is 0 Å². The summed E-state index contributed by atoms with van der Waals surface area (Å²) in [5, 5.41) is -0.0720. The largest absolute Gasteiger partial charge is 0.369 e. The van der Waals surface area contributed by atoms with Gasteiger partial charge in [0.05, 0.1) is 4.90 Å². The van der Waals surface area contributed by atoms with E-state index in [-0.39, 0.29) is 11.4 Å². The van der Waals surface area contributed by atoms with Crippen molar-refractivity contribution in [3.8, 4) is 0 Å². The Hall–Kier alpha value is -1.68. The van der Waals surface area contributed by atoms with E-state index < -0.39 is 21.2 Å². The van der Waals surface area contributed by atoms with Gasteiger partial charge >= 0.3 is 0 Å². The fraction of sp³-hybridized carbons (Fsp3) is 0.154. The maximum Gasteiger partial charge on any atom is 0.240 e. The highest BCUT2D eigenvalue weighted by Gasteiger charge is 2.22. The molecule has 2 aromatic rings. The first-order valence-corrected chi connectivity index (χ1v) is 9.11. The summed E-state index contributed by atoms with van der Waals surface area (Å²) < 4.78 is 26.7. The summed E-state index contributed by atoms with van der Waals surface area (Å²) in [5.74, 6) is -0.666. The molecule has 3 N–H and O–H groups in total. The van der Waals surface area contributed by atoms with Crippen LogP contribution in [0.4, 0.5) is 0 Å². The minimum atomic E-state index is -3.77. The van der Waals surface area contributed by atoms with E-state index in [9.17, 15) is 13.2 Å². The smallest absolute Gasteiger partial charge is 0.240 e. The summed E-state index contributed by atoms with van der Waals surface area (Å²) in [5.41, 5.74) is 5.30. The maximum atomic E-state index is 12.2. The summed E-state index contributed by atoms with van der Waals surface area (Å²) in [6.07, 6.45) is 3.04. The van der Waals surface area contributed by atoms with Crippen molar-refractivity contribution >= 4 is 39.3 Å². The zero-order valence-electron chi connectivity index (χ0n) is 11.7. The third-order valence-corrected chi connectivity index (χ3v) is 5.49. The molecule has 0 radical (unpaired) electrons. The highest BCUT2D eigenvalue weighted by Crippen LogP contribution is 2.19. The number of sulfonamides is 1. The van der Waals surface area contributed by atoms with E-state index in [1.54, 1.807) is 6.07 Å². The number of carbonyl (C=O) groups is 1. The van der Waals surface area contributed by atoms with Crippen molar-refractivity contribution in [3.63, 3.8) is 0 Å². The number of nitrogens with zero attached hydrogens (tertiary/aromatic N) is 2. The van der Waals surface area contributed by atoms with Crippen LogP contribution < -0.4 is 10.5 Å². The van der Waals surface area contributed by atoms with Crippen LogP contribution in [0.5, 0.6) is 0 Å². The molecule has 0 unspecified atom stereocenters. The Bertz CT molecular complexity index is 770. The predicted octanol–water partition coefficient (Wildman–Crippen LogP) is 1.05. The van der Waals surface area contributed by atoms with Crippen LogP contribution in [0.2, 0.25) is 5.02 Å². The standard InChI is InChI=1S/C13H13ClN4O3S2/c14-9-2-4-10(5-3-9)23(20,21)18-8-11(12(15)19)22-13-16-6-1-7-17-13/h1-7,11,18H,8H2,(H2,15,19)/t11-/m0/s1. The van der Waals surface area contributed by atoms with E-state index >= 15 is 0 Å². The zero-order chi connectivity index (χ0) is 16.9. The van der Waals surface area contributed by atoms with Gasteiger partial charge in [-0.25, -0.2) is 23.1 Å². The number of halogens is 1. The fourth-order valence-electron chi connectivity index (χ4n) is 1.56. The average molecular weight is 373 g/mol. The van der Waals surface area contributed by atoms with Crippen LogP contribution in [0.25, 0.3) is 0 Å². The summed E-state index contributed by atoms with van der Waals surface area (Å²) in [7, 11) is -3.77. The minimum Gasteiger partial charge on any atom is -0.369 e. The van der Waals surface area contributed by atoms with Gasteiger partial charge in [0.1, 0.15) is 5.25 Å². The van der Waals surface area contributed by atoms with Crippen molar-refractivity contribution in [2.75, 3.05) is 6.54 Å². The van der Waals surface area contributed by atoms with Gasteiger partial charge in [-0.05, 0) is 30.3 Å². The molecule has 10 heteroatoms. The number of hydrogen-bond acceptors (Lipinski definition) is 6. The highest BCUT2D eigenvalue weighted by molar-refractivity contribution is 8.00. The molecular weight excluding hydrogens is 360 g/mol. The molecule has 1 amide bonds. The lowest BCUT2D eigenvalue weighted by Crippen LogP contribution is -2.38. The van der Waals surface area contributed by atoms with Gasteiger partial charge in [0, 0.05) is 24.0 Å². The number of aromatic nitrogens is 2. The maximum absolute atomic E-state index is 12.2. The number of carbonyl (C=O) groups excluding carboxylic acids is 1. The predicted molar refractivity (Wildman–Crippen MR) is 87.5 cm³/mol. The Kier molecular flexibility index (Phi) is 5.94. The number of nitrogens with two attached hydrogens (primary N) is 1. The molecule has 1 heterocycles. The van der Waals surface area contributed by atoms with Gasteiger partial charge in [0.15, 0.2) is 5.16 Å². The SMILES string of the molecule is NC(=O)[C@H](CNS(=O)(=O)c1ccc(Cl)cc1)Sc1ncccn1. The lowest BCUT2D eigenvalue weighted by atomic mass is 10.4. The summed E-state index contributed by atoms with van der Waals surface area (Å²) in [4.78, 5) is 19.5. The molecule has 23 heavy (non-hydrogen) atoms. The molecule has 2 rings (SSSR count). The Morgan fingerprint density at radius 3 is 2.43 bits per heavy atom. The first-order chi connectivity index (χ1) is 10.9. The molecule has 1 aromatic carbocycles. The van der Waals surface area contributed by atoms with Gasteiger partial charge in [0.25, 0.3) is 0 Å². The van der Waals surface area contributed by atoms with Gasteiger partial charge in [-0.15, -0.1) is 0 Å². The second-order valence-corrected chi connectivity index (χ2v) is 7.72. The van der Waals surface area contributed by atoms with Gasteiger partial charge < -0.3 is 5.73 Å². The topological polar surface area (TPSA) is 115 Å². The van der Waals surface area contributed by atoms with E-state index in [2.05, 4.69) is 14.7 Å². The molecular formula is C13H13ClN4O3S2. The van der Waals surface area contributed by atoms with Gasteiger partial charge in [-0.1, -0.05) is 23.4 Å². The molecule has 0 saturated heterocycles. The van der Waals surface area contributed by atoms with Crippen LogP contribution in [0.3, 0.4) is 0 Å². The Morgan fingerprint density at radius 1 is 1.26 bits per heavy atom. The number of amides is 1. The van der Waals surface area contributed by atoms with E-state index in [1.807, 2.05) is 0 Å². The molecule has 0 saturated carbocycles. The van der Waals surface area contributed by atoms with Crippen LogP contribution in [0.1, 0.15) is 0 Å². The summed E-state index contributed by atoms with van der Waals surface area (Å²) in [6.45, 7) is -0.177. The number of hydrogen-bond donors (Lipinski definition) is 2. The number of rotatable bonds is 7. The average Bonchev–Trinajstić information content (AvgIpc) is 2.52. The Morgan fingerprint density at radius 2 is 1.87 bits per heavy atom. The molecule has 0 aliphatic rings. The Balaban J connectivity index is 2.06. The van der Waals surface area contributed by atoms with Crippen molar-refractivity contribution in [1.82, 2.24) is 14.7 Å². The number of benzene rings is 1.